The van der Waals surface area contributed by atoms with Crippen molar-refractivity contribution in [3.8, 4) is 0 Å². The number of benzene rings is 3. The SMILES string of the molecule is COC(=O)c1ccc(C(=O)C=O)c(N/N=C(/C(C)=O)C(=O)Nc2ccc(NC(=O)/C(=N\Nc3cc(C(=O)OC)ccc3C(=O)OC)C(C)=O)cc2)c1. The Balaban J connectivity index is 1.78. The second-order valence-electron chi connectivity index (χ2n) is 10.2. The molecule has 0 saturated carbocycles. The van der Waals surface area contributed by atoms with Gasteiger partial charge in [0.2, 0.25) is 5.78 Å². The molecular weight excluding hydrogens is 684 g/mol. The fraction of sp³-hybridized carbons (Fsp3) is 0.147. The molecule has 0 unspecified atom stereocenters. The molecule has 3 aromatic carbocycles. The molecule has 52 heavy (non-hydrogen) atoms. The van der Waals surface area contributed by atoms with Gasteiger partial charge in [0.1, 0.15) is 0 Å². The number of Topliss-reactive ketones (excluding diaryl/α,β-unsaturated/α-hetero) is 3. The van der Waals surface area contributed by atoms with Gasteiger partial charge < -0.3 is 24.8 Å². The maximum atomic E-state index is 13.0. The van der Waals surface area contributed by atoms with Crippen LogP contribution in [0.5, 0.6) is 0 Å². The largest absolute Gasteiger partial charge is 0.465 e. The normalized spacial score (nSPS) is 10.9. The average molecular weight is 715 g/mol. The first-order valence-corrected chi connectivity index (χ1v) is 14.7. The maximum Gasteiger partial charge on any atom is 0.340 e. The molecule has 0 saturated heterocycles. The molecule has 0 bridgehead atoms. The predicted molar refractivity (Wildman–Crippen MR) is 184 cm³/mol. The van der Waals surface area contributed by atoms with Crippen LogP contribution in [0.2, 0.25) is 0 Å². The van der Waals surface area contributed by atoms with E-state index < -0.39 is 58.5 Å². The molecule has 0 aliphatic carbocycles. The monoisotopic (exact) mass is 714 g/mol. The number of ether oxygens (including phenoxy) is 3. The zero-order valence-corrected chi connectivity index (χ0v) is 28.1. The van der Waals surface area contributed by atoms with Crippen LogP contribution in [0, 0.1) is 0 Å². The van der Waals surface area contributed by atoms with Gasteiger partial charge in [-0.15, -0.1) is 0 Å². The third-order valence-corrected chi connectivity index (χ3v) is 6.73. The summed E-state index contributed by atoms with van der Waals surface area (Å²) in [5, 5.41) is 12.5. The summed E-state index contributed by atoms with van der Waals surface area (Å²) in [7, 11) is 3.43. The van der Waals surface area contributed by atoms with Crippen molar-refractivity contribution in [3.05, 3.63) is 82.9 Å². The molecule has 18 nitrogen and oxygen atoms in total. The Kier molecular flexibility index (Phi) is 13.4. The maximum absolute atomic E-state index is 13.0. The number of carbonyl (C=O) groups is 9. The van der Waals surface area contributed by atoms with Crippen LogP contribution in [-0.4, -0.2) is 86.1 Å². The minimum absolute atomic E-state index is 0.0141. The smallest absolute Gasteiger partial charge is 0.340 e. The van der Waals surface area contributed by atoms with Gasteiger partial charge in [0.25, 0.3) is 11.8 Å². The van der Waals surface area contributed by atoms with E-state index in [1.54, 1.807) is 0 Å². The number of hydrogen-bond donors (Lipinski definition) is 4. The van der Waals surface area contributed by atoms with Crippen LogP contribution in [0.1, 0.15) is 55.3 Å². The van der Waals surface area contributed by atoms with Crippen LogP contribution >= 0.6 is 0 Å². The minimum Gasteiger partial charge on any atom is -0.465 e. The van der Waals surface area contributed by atoms with Crippen molar-refractivity contribution in [2.24, 2.45) is 10.2 Å². The molecule has 2 amide bonds. The molecule has 3 aromatic rings. The highest BCUT2D eigenvalue weighted by Gasteiger charge is 2.22. The predicted octanol–water partition coefficient (Wildman–Crippen LogP) is 2.42. The first-order chi connectivity index (χ1) is 24.7. The number of amides is 2. The summed E-state index contributed by atoms with van der Waals surface area (Å²) >= 11 is 0. The van der Waals surface area contributed by atoms with E-state index in [0.717, 1.165) is 41.2 Å². The van der Waals surface area contributed by atoms with E-state index in [4.69, 9.17) is 4.74 Å². The quantitative estimate of drug-likeness (QED) is 0.0258. The van der Waals surface area contributed by atoms with Crippen molar-refractivity contribution in [1.29, 1.82) is 0 Å². The number of nitrogens with one attached hydrogen (secondary N) is 4. The number of carbonyl (C=O) groups excluding carboxylic acids is 9. The molecular formula is C34H30N6O12. The second-order valence-corrected chi connectivity index (χ2v) is 10.2. The van der Waals surface area contributed by atoms with Crippen LogP contribution in [0.3, 0.4) is 0 Å². The summed E-state index contributed by atoms with van der Waals surface area (Å²) in [6, 6.07) is 12.8. The van der Waals surface area contributed by atoms with Crippen molar-refractivity contribution < 1.29 is 57.4 Å². The fourth-order valence-corrected chi connectivity index (χ4v) is 4.16. The van der Waals surface area contributed by atoms with Gasteiger partial charge in [-0.25, -0.2) is 14.4 Å². The van der Waals surface area contributed by atoms with Crippen LogP contribution < -0.4 is 21.5 Å². The molecule has 0 atom stereocenters. The Morgan fingerprint density at radius 1 is 0.558 bits per heavy atom. The summed E-state index contributed by atoms with van der Waals surface area (Å²) in [6.07, 6.45) is 0.0349. The summed E-state index contributed by atoms with van der Waals surface area (Å²) < 4.78 is 14.0. The Hall–Kier alpha value is -7.37. The Morgan fingerprint density at radius 3 is 1.31 bits per heavy atom. The molecule has 3 rings (SSSR count). The van der Waals surface area contributed by atoms with Gasteiger partial charge in [0.05, 0.1) is 55.0 Å². The van der Waals surface area contributed by atoms with E-state index in [2.05, 4.69) is 41.2 Å². The number of hydrazone groups is 2. The van der Waals surface area contributed by atoms with E-state index in [9.17, 15) is 43.2 Å². The molecule has 18 heteroatoms. The molecule has 268 valence electrons. The van der Waals surface area contributed by atoms with Gasteiger partial charge in [-0.1, -0.05) is 0 Å². The number of nitrogens with zero attached hydrogens (tertiary/aromatic N) is 2. The first kappa shape index (κ1) is 39.1. The van der Waals surface area contributed by atoms with E-state index in [0.29, 0.717) is 0 Å². The molecule has 0 aromatic heterocycles. The summed E-state index contributed by atoms with van der Waals surface area (Å²) in [4.78, 5) is 110. The van der Waals surface area contributed by atoms with Crippen LogP contribution in [-0.2, 0) is 38.2 Å². The molecule has 0 aliphatic heterocycles. The molecule has 4 N–H and O–H groups in total. The lowest BCUT2D eigenvalue weighted by Gasteiger charge is -2.11. The number of ketones is 3. The van der Waals surface area contributed by atoms with Crippen molar-refractivity contribution in [3.63, 3.8) is 0 Å². The molecule has 0 spiro atoms. The number of esters is 3. The number of methoxy groups -OCH3 is 3. The first-order valence-electron chi connectivity index (χ1n) is 14.7. The topological polar surface area (TPSA) is 254 Å². The van der Waals surface area contributed by atoms with Crippen molar-refractivity contribution in [2.45, 2.75) is 13.8 Å². The number of aldehydes is 1. The van der Waals surface area contributed by atoms with E-state index in [-0.39, 0.29) is 51.3 Å². The highest BCUT2D eigenvalue weighted by molar-refractivity contribution is 6.67. The molecule has 0 aliphatic rings. The van der Waals surface area contributed by atoms with Crippen molar-refractivity contribution in [2.75, 3.05) is 42.8 Å². The minimum atomic E-state index is -0.983. The fourth-order valence-electron chi connectivity index (χ4n) is 4.16. The number of rotatable bonds is 15. The summed E-state index contributed by atoms with van der Waals surface area (Å²) in [5.41, 5.74) is 3.41. The lowest BCUT2D eigenvalue weighted by molar-refractivity contribution is -0.116. The van der Waals surface area contributed by atoms with Crippen molar-refractivity contribution >= 4 is 87.5 Å². The van der Waals surface area contributed by atoms with Crippen LogP contribution in [0.25, 0.3) is 0 Å². The van der Waals surface area contributed by atoms with Gasteiger partial charge in [-0.3, -0.25) is 39.6 Å². The molecule has 0 fully saturated rings. The molecule has 0 radical (unpaired) electrons. The highest BCUT2D eigenvalue weighted by atomic mass is 16.5. The van der Waals surface area contributed by atoms with Crippen LogP contribution in [0.4, 0.5) is 22.7 Å². The Labute approximate surface area is 294 Å². The highest BCUT2D eigenvalue weighted by Crippen LogP contribution is 2.21. The van der Waals surface area contributed by atoms with E-state index >= 15 is 0 Å². The molecule has 0 heterocycles. The van der Waals surface area contributed by atoms with Gasteiger partial charge >= 0.3 is 17.9 Å². The lowest BCUT2D eigenvalue weighted by atomic mass is 10.1. The summed E-state index contributed by atoms with van der Waals surface area (Å²) in [6.45, 7) is 2.13. The van der Waals surface area contributed by atoms with Gasteiger partial charge in [0, 0.05) is 25.2 Å². The second kappa shape index (κ2) is 17.9. The lowest BCUT2D eigenvalue weighted by Crippen LogP contribution is -2.30. The average Bonchev–Trinajstić information content (AvgIpc) is 3.13. The van der Waals surface area contributed by atoms with Crippen molar-refractivity contribution in [1.82, 2.24) is 0 Å². The van der Waals surface area contributed by atoms with Gasteiger partial charge in [0.15, 0.2) is 29.3 Å². The summed E-state index contributed by atoms with van der Waals surface area (Å²) in [5.74, 6) is -6.74. The van der Waals surface area contributed by atoms with Crippen LogP contribution in [0.15, 0.2) is 70.9 Å². The zero-order valence-electron chi connectivity index (χ0n) is 28.1. The number of anilines is 4. The van der Waals surface area contributed by atoms with Gasteiger partial charge in [-0.2, -0.15) is 10.2 Å². The Bertz CT molecular complexity index is 2040. The van der Waals surface area contributed by atoms with E-state index in [1.165, 1.54) is 54.6 Å². The van der Waals surface area contributed by atoms with E-state index in [1.807, 2.05) is 0 Å². The third kappa shape index (κ3) is 9.84. The standard InChI is InChI=1S/C34H30N6O12/c1-17(42)28(39-37-25-14-19(32(47)50-3)6-12-23(25)27(44)16-41)30(45)35-21-8-10-22(11-9-21)36-31(46)29(18(2)43)40-38-26-15-20(33(48)51-4)7-13-24(26)34(49)52-5/h6-16,37-38H,1-5H3,(H,35,45)(H,36,46)/b39-28-,40-29-. The number of hydrogen-bond acceptors (Lipinski definition) is 16. The third-order valence-electron chi connectivity index (χ3n) is 6.73. The Morgan fingerprint density at radius 2 is 0.942 bits per heavy atom. The zero-order chi connectivity index (χ0) is 38.5. The van der Waals surface area contributed by atoms with Gasteiger partial charge in [-0.05, 0) is 60.7 Å².